The number of nitriles is 1. The van der Waals surface area contributed by atoms with Crippen LogP contribution >= 0.6 is 0 Å². The lowest BCUT2D eigenvalue weighted by Gasteiger charge is -2.33. The van der Waals surface area contributed by atoms with Gasteiger partial charge in [-0.2, -0.15) is 18.4 Å². The number of hydrogen-bond donors (Lipinski definition) is 1. The second-order valence-corrected chi connectivity index (χ2v) is 4.57. The first-order chi connectivity index (χ1) is 7.97. The molecule has 2 unspecified atom stereocenters. The number of nitrogens with two attached hydrogens (primary N) is 1. The Kier molecular flexibility index (Phi) is 5.22. The Bertz CT molecular complexity index is 270. The quantitative estimate of drug-likeness (QED) is 0.825. The molecule has 2 N–H and O–H groups in total. The van der Waals surface area contributed by atoms with Crippen LogP contribution in [0.15, 0.2) is 0 Å². The molecule has 1 rings (SSSR count). The van der Waals surface area contributed by atoms with Gasteiger partial charge in [-0.05, 0) is 38.3 Å². The zero-order valence-electron chi connectivity index (χ0n) is 9.71. The summed E-state index contributed by atoms with van der Waals surface area (Å²) in [5.74, 6) is -1.50. The van der Waals surface area contributed by atoms with Gasteiger partial charge in [0.1, 0.15) is 0 Å². The Morgan fingerprint density at radius 1 is 1.47 bits per heavy atom. The van der Waals surface area contributed by atoms with Crippen LogP contribution in [0.2, 0.25) is 0 Å². The molecule has 2 atom stereocenters. The summed E-state index contributed by atoms with van der Waals surface area (Å²) in [6.07, 6.45) is -1.66. The van der Waals surface area contributed by atoms with E-state index in [2.05, 4.69) is 0 Å². The maximum absolute atomic E-state index is 12.5. The molecule has 1 saturated heterocycles. The van der Waals surface area contributed by atoms with E-state index < -0.39 is 12.1 Å². The van der Waals surface area contributed by atoms with Crippen LogP contribution in [-0.4, -0.2) is 37.3 Å². The molecule has 98 valence electrons. The Morgan fingerprint density at radius 3 is 2.71 bits per heavy atom. The lowest BCUT2D eigenvalue weighted by atomic mass is 9.94. The van der Waals surface area contributed by atoms with Crippen molar-refractivity contribution in [1.29, 1.82) is 5.26 Å². The van der Waals surface area contributed by atoms with Gasteiger partial charge in [-0.3, -0.25) is 0 Å². The van der Waals surface area contributed by atoms with E-state index in [1.165, 1.54) is 6.07 Å². The van der Waals surface area contributed by atoms with Gasteiger partial charge >= 0.3 is 6.18 Å². The van der Waals surface area contributed by atoms with Gasteiger partial charge < -0.3 is 10.6 Å². The standard InChI is InChI=1S/C11H18F3N3/c12-11(13,14)10(6-16)8-17-5-1-2-9(7-17)3-4-15/h9-10H,1-5,7-8,15H2. The first kappa shape index (κ1) is 14.3. The Labute approximate surface area is 99.4 Å². The average molecular weight is 249 g/mol. The number of hydrogen-bond acceptors (Lipinski definition) is 3. The predicted molar refractivity (Wildman–Crippen MR) is 58.0 cm³/mol. The van der Waals surface area contributed by atoms with Crippen molar-refractivity contribution in [1.82, 2.24) is 4.90 Å². The highest BCUT2D eigenvalue weighted by Crippen LogP contribution is 2.28. The van der Waals surface area contributed by atoms with Crippen LogP contribution in [-0.2, 0) is 0 Å². The number of piperidine rings is 1. The highest BCUT2D eigenvalue weighted by molar-refractivity contribution is 4.91. The SMILES string of the molecule is N#CC(CN1CCCC(CCN)C1)C(F)(F)F. The first-order valence-electron chi connectivity index (χ1n) is 5.86. The van der Waals surface area contributed by atoms with Gasteiger partial charge in [0.05, 0.1) is 6.07 Å². The molecule has 0 aliphatic carbocycles. The second-order valence-electron chi connectivity index (χ2n) is 4.57. The molecule has 3 nitrogen and oxygen atoms in total. The van der Waals surface area contributed by atoms with E-state index in [0.717, 1.165) is 19.3 Å². The molecule has 0 amide bonds. The molecule has 6 heteroatoms. The lowest BCUT2D eigenvalue weighted by Crippen LogP contribution is -2.42. The molecule has 1 heterocycles. The largest absolute Gasteiger partial charge is 0.405 e. The van der Waals surface area contributed by atoms with Crippen LogP contribution in [0.3, 0.4) is 0 Å². The second kappa shape index (κ2) is 6.22. The van der Waals surface area contributed by atoms with Gasteiger partial charge in [0.2, 0.25) is 0 Å². The summed E-state index contributed by atoms with van der Waals surface area (Å²) in [6.45, 7) is 1.64. The number of likely N-dealkylation sites (tertiary alicyclic amines) is 1. The maximum atomic E-state index is 12.5. The third-order valence-corrected chi connectivity index (χ3v) is 3.17. The third-order valence-electron chi connectivity index (χ3n) is 3.17. The molecule has 1 aliphatic heterocycles. The van der Waals surface area contributed by atoms with Gasteiger partial charge in [0.15, 0.2) is 5.92 Å². The van der Waals surface area contributed by atoms with E-state index in [4.69, 9.17) is 11.0 Å². The average Bonchev–Trinajstić information content (AvgIpc) is 2.25. The van der Waals surface area contributed by atoms with Crippen LogP contribution in [0, 0.1) is 23.2 Å². The van der Waals surface area contributed by atoms with Crippen molar-refractivity contribution < 1.29 is 13.2 Å². The number of rotatable bonds is 4. The summed E-state index contributed by atoms with van der Waals surface area (Å²) in [7, 11) is 0. The van der Waals surface area contributed by atoms with Crippen molar-refractivity contribution in [3.63, 3.8) is 0 Å². The molecule has 0 aromatic carbocycles. The van der Waals surface area contributed by atoms with E-state index in [9.17, 15) is 13.2 Å². The van der Waals surface area contributed by atoms with Gasteiger partial charge in [0, 0.05) is 13.1 Å². The van der Waals surface area contributed by atoms with Crippen LogP contribution < -0.4 is 5.73 Å². The summed E-state index contributed by atoms with van der Waals surface area (Å²) in [5.41, 5.74) is 5.45. The zero-order chi connectivity index (χ0) is 12.9. The smallest absolute Gasteiger partial charge is 0.330 e. The van der Waals surface area contributed by atoms with E-state index in [1.807, 2.05) is 0 Å². The van der Waals surface area contributed by atoms with E-state index in [1.54, 1.807) is 4.90 Å². The summed E-state index contributed by atoms with van der Waals surface area (Å²) in [6, 6.07) is 1.34. The zero-order valence-corrected chi connectivity index (χ0v) is 9.71. The molecule has 0 bridgehead atoms. The molecule has 1 fully saturated rings. The van der Waals surface area contributed by atoms with Crippen LogP contribution in [0.5, 0.6) is 0 Å². The van der Waals surface area contributed by atoms with Gasteiger partial charge in [-0.1, -0.05) is 0 Å². The highest BCUT2D eigenvalue weighted by Gasteiger charge is 2.41. The van der Waals surface area contributed by atoms with Crippen LogP contribution in [0.25, 0.3) is 0 Å². The molecule has 1 aliphatic rings. The van der Waals surface area contributed by atoms with Crippen LogP contribution in [0.1, 0.15) is 19.3 Å². The van der Waals surface area contributed by atoms with Crippen molar-refractivity contribution >= 4 is 0 Å². The fourth-order valence-electron chi connectivity index (χ4n) is 2.26. The van der Waals surface area contributed by atoms with Crippen molar-refractivity contribution in [3.05, 3.63) is 0 Å². The number of alkyl halides is 3. The minimum absolute atomic E-state index is 0.207. The molecule has 0 aromatic rings. The van der Waals surface area contributed by atoms with Gasteiger partial charge in [-0.25, -0.2) is 0 Å². The Morgan fingerprint density at radius 2 is 2.18 bits per heavy atom. The summed E-state index contributed by atoms with van der Waals surface area (Å²) < 4.78 is 37.4. The molecule has 0 radical (unpaired) electrons. The molecule has 17 heavy (non-hydrogen) atoms. The lowest BCUT2D eigenvalue weighted by molar-refractivity contribution is -0.164. The van der Waals surface area contributed by atoms with Gasteiger partial charge in [-0.15, -0.1) is 0 Å². The van der Waals surface area contributed by atoms with Crippen molar-refractivity contribution in [2.45, 2.75) is 25.4 Å². The Hall–Kier alpha value is -0.800. The van der Waals surface area contributed by atoms with Crippen LogP contribution in [0.4, 0.5) is 13.2 Å². The fourth-order valence-corrected chi connectivity index (χ4v) is 2.26. The van der Waals surface area contributed by atoms with Gasteiger partial charge in [0.25, 0.3) is 0 Å². The Balaban J connectivity index is 2.48. The van der Waals surface area contributed by atoms with E-state index in [0.29, 0.717) is 25.6 Å². The molecule has 0 saturated carbocycles. The summed E-state index contributed by atoms with van der Waals surface area (Å²) in [4.78, 5) is 1.74. The predicted octanol–water partition coefficient (Wildman–Crippen LogP) is 1.75. The number of nitrogens with zero attached hydrogens (tertiary/aromatic N) is 2. The van der Waals surface area contributed by atoms with E-state index in [-0.39, 0.29) is 6.54 Å². The van der Waals surface area contributed by atoms with Crippen molar-refractivity contribution in [2.75, 3.05) is 26.2 Å². The molecule has 0 spiro atoms. The first-order valence-corrected chi connectivity index (χ1v) is 5.86. The topological polar surface area (TPSA) is 53.0 Å². The van der Waals surface area contributed by atoms with E-state index >= 15 is 0 Å². The third kappa shape index (κ3) is 4.52. The fraction of sp³-hybridized carbons (Fsp3) is 0.909. The normalized spacial score (nSPS) is 24.3. The van der Waals surface area contributed by atoms with Crippen molar-refractivity contribution in [3.8, 4) is 6.07 Å². The summed E-state index contributed by atoms with van der Waals surface area (Å²) >= 11 is 0. The molecule has 0 aromatic heterocycles. The maximum Gasteiger partial charge on any atom is 0.405 e. The highest BCUT2D eigenvalue weighted by atomic mass is 19.4. The minimum atomic E-state index is -4.42. The summed E-state index contributed by atoms with van der Waals surface area (Å²) in [5, 5.41) is 8.54. The molecular formula is C11H18F3N3. The molecular weight excluding hydrogens is 231 g/mol. The monoisotopic (exact) mass is 249 g/mol. The number of halogens is 3. The minimum Gasteiger partial charge on any atom is -0.330 e. The van der Waals surface area contributed by atoms with Crippen molar-refractivity contribution in [2.24, 2.45) is 17.6 Å².